The lowest BCUT2D eigenvalue weighted by Crippen LogP contribution is -2.45. The highest BCUT2D eigenvalue weighted by atomic mass is 32.2. The number of allylic oxidation sites excluding steroid dienone is 1. The first-order valence-corrected chi connectivity index (χ1v) is 12.4. The molecule has 31 heavy (non-hydrogen) atoms. The summed E-state index contributed by atoms with van der Waals surface area (Å²) < 4.78 is 28.3. The first kappa shape index (κ1) is 23.6. The van der Waals surface area contributed by atoms with E-state index in [1.54, 1.807) is 0 Å². The molecule has 170 valence electrons. The summed E-state index contributed by atoms with van der Waals surface area (Å²) in [6.07, 6.45) is 4.59. The smallest absolute Gasteiger partial charge is 0.320 e. The van der Waals surface area contributed by atoms with Crippen LogP contribution in [0.1, 0.15) is 51.5 Å². The fourth-order valence-corrected chi connectivity index (χ4v) is 7.08. The molecule has 8 heteroatoms. The number of ketones is 1. The summed E-state index contributed by atoms with van der Waals surface area (Å²) in [7, 11) is -3.67. The lowest BCUT2D eigenvalue weighted by Gasteiger charge is -2.35. The van der Waals surface area contributed by atoms with Gasteiger partial charge in [0.1, 0.15) is 6.04 Å². The van der Waals surface area contributed by atoms with Crippen molar-refractivity contribution in [2.24, 2.45) is 22.5 Å². The summed E-state index contributed by atoms with van der Waals surface area (Å²) >= 11 is 0. The van der Waals surface area contributed by atoms with Gasteiger partial charge in [0.25, 0.3) is 0 Å². The molecule has 2 aliphatic rings. The van der Waals surface area contributed by atoms with Gasteiger partial charge in [0.05, 0.1) is 11.2 Å². The highest BCUT2D eigenvalue weighted by molar-refractivity contribution is 7.89. The van der Waals surface area contributed by atoms with Crippen LogP contribution >= 0.6 is 0 Å². The Labute approximate surface area is 184 Å². The first-order valence-electron chi connectivity index (χ1n) is 10.8. The molecule has 1 aromatic carbocycles. The van der Waals surface area contributed by atoms with Crippen LogP contribution < -0.4 is 10.5 Å². The Hall–Kier alpha value is -2.03. The Balaban J connectivity index is 1.69. The van der Waals surface area contributed by atoms with Crippen molar-refractivity contribution in [2.75, 3.05) is 12.3 Å². The fraction of sp³-hybridized carbons (Fsp3) is 0.565. The van der Waals surface area contributed by atoms with E-state index in [2.05, 4.69) is 4.72 Å². The van der Waals surface area contributed by atoms with Gasteiger partial charge in [0.15, 0.2) is 5.78 Å². The molecule has 7 nitrogen and oxygen atoms in total. The number of rotatable bonds is 10. The number of carbonyl (C=O) groups excluding carboxylic acids is 1. The number of nitrogens with two attached hydrogens (primary N) is 1. The third kappa shape index (κ3) is 4.61. The number of Topliss-reactive ketones (excluding diaryl/α,β-unsaturated/α-hetero) is 1. The lowest BCUT2D eigenvalue weighted by atomic mass is 9.70. The molecular weight excluding hydrogens is 416 g/mol. The van der Waals surface area contributed by atoms with Crippen LogP contribution in [-0.2, 0) is 19.6 Å². The zero-order valence-corrected chi connectivity index (χ0v) is 19.0. The average molecular weight is 449 g/mol. The van der Waals surface area contributed by atoms with Crippen LogP contribution in [-0.4, -0.2) is 43.6 Å². The molecule has 0 spiro atoms. The molecule has 0 saturated heterocycles. The van der Waals surface area contributed by atoms with E-state index in [1.807, 2.05) is 50.3 Å². The number of sulfonamides is 1. The number of nitrogens with one attached hydrogen (secondary N) is 1. The van der Waals surface area contributed by atoms with Gasteiger partial charge in [-0.25, -0.2) is 13.1 Å². The SMILES string of the molecule is CC1(C)C2CCC1(CS(=O)(=O)NCCCCC(N)C(=O)O)C(=O)/C2=C/c1ccccc1. The molecule has 3 atom stereocenters. The van der Waals surface area contributed by atoms with Crippen LogP contribution in [0.2, 0.25) is 0 Å². The van der Waals surface area contributed by atoms with Crippen molar-refractivity contribution in [3.05, 3.63) is 41.5 Å². The number of benzene rings is 1. The van der Waals surface area contributed by atoms with E-state index in [4.69, 9.17) is 10.8 Å². The van der Waals surface area contributed by atoms with Gasteiger partial charge in [-0.15, -0.1) is 0 Å². The summed E-state index contributed by atoms with van der Waals surface area (Å²) in [4.78, 5) is 24.2. The van der Waals surface area contributed by atoms with Crippen LogP contribution in [0.3, 0.4) is 0 Å². The van der Waals surface area contributed by atoms with Crippen molar-refractivity contribution < 1.29 is 23.1 Å². The van der Waals surface area contributed by atoms with Crippen LogP contribution in [0.15, 0.2) is 35.9 Å². The van der Waals surface area contributed by atoms with Crippen molar-refractivity contribution in [1.82, 2.24) is 4.72 Å². The fourth-order valence-electron chi connectivity index (χ4n) is 5.23. The van der Waals surface area contributed by atoms with E-state index in [0.29, 0.717) is 25.7 Å². The van der Waals surface area contributed by atoms with Gasteiger partial charge in [-0.1, -0.05) is 50.6 Å². The van der Waals surface area contributed by atoms with Gasteiger partial charge in [-0.2, -0.15) is 0 Å². The molecule has 2 bridgehead atoms. The topological polar surface area (TPSA) is 127 Å². The summed E-state index contributed by atoms with van der Waals surface area (Å²) in [6.45, 7) is 4.23. The monoisotopic (exact) mass is 448 g/mol. The second-order valence-electron chi connectivity index (χ2n) is 9.33. The second kappa shape index (κ2) is 8.84. The number of aliphatic carboxylic acids is 1. The van der Waals surface area contributed by atoms with Crippen LogP contribution in [0.4, 0.5) is 0 Å². The number of hydrogen-bond acceptors (Lipinski definition) is 5. The van der Waals surface area contributed by atoms with Crippen molar-refractivity contribution >= 4 is 27.9 Å². The van der Waals surface area contributed by atoms with Gasteiger partial charge in [-0.05, 0) is 48.7 Å². The third-order valence-corrected chi connectivity index (χ3v) is 8.69. The minimum Gasteiger partial charge on any atom is -0.480 e. The van der Waals surface area contributed by atoms with Crippen LogP contribution in [0.25, 0.3) is 6.08 Å². The second-order valence-corrected chi connectivity index (χ2v) is 11.1. The zero-order chi connectivity index (χ0) is 22.9. The quantitative estimate of drug-likeness (QED) is 0.373. The van der Waals surface area contributed by atoms with Gasteiger partial charge in [0, 0.05) is 12.1 Å². The van der Waals surface area contributed by atoms with Crippen molar-refractivity contribution in [3.63, 3.8) is 0 Å². The standard InChI is InChI=1S/C23H32N2O5S/c1-22(2)18-11-12-23(22,20(26)17(18)14-16-8-4-3-5-9-16)15-31(29,30)25-13-7-6-10-19(24)21(27)28/h3-5,8-9,14,18-19,25H,6-7,10-13,15,24H2,1-2H3,(H,27,28)/b17-14+. The van der Waals surface area contributed by atoms with E-state index in [9.17, 15) is 18.0 Å². The number of fused-ring (bicyclic) bond motifs is 2. The van der Waals surface area contributed by atoms with Crippen molar-refractivity contribution in [1.29, 1.82) is 0 Å². The predicted molar refractivity (Wildman–Crippen MR) is 120 cm³/mol. The Morgan fingerprint density at radius 3 is 2.61 bits per heavy atom. The molecule has 0 aromatic heterocycles. The molecule has 3 unspecified atom stereocenters. The van der Waals surface area contributed by atoms with Crippen LogP contribution in [0.5, 0.6) is 0 Å². The van der Waals surface area contributed by atoms with E-state index < -0.39 is 32.9 Å². The molecule has 0 heterocycles. The van der Waals surface area contributed by atoms with Crippen molar-refractivity contribution in [3.8, 4) is 0 Å². The molecule has 0 aliphatic heterocycles. The molecule has 0 radical (unpaired) electrons. The Morgan fingerprint density at radius 1 is 1.29 bits per heavy atom. The Kier molecular flexibility index (Phi) is 6.74. The Morgan fingerprint density at radius 2 is 1.97 bits per heavy atom. The number of carboxylic acids is 1. The summed E-state index contributed by atoms with van der Waals surface area (Å²) in [6, 6.07) is 8.72. The van der Waals surface area contributed by atoms with E-state index in [0.717, 1.165) is 17.6 Å². The third-order valence-electron chi connectivity index (χ3n) is 7.18. The van der Waals surface area contributed by atoms with Gasteiger partial charge < -0.3 is 10.8 Å². The summed E-state index contributed by atoms with van der Waals surface area (Å²) in [5, 5.41) is 8.80. The minimum atomic E-state index is -3.67. The summed E-state index contributed by atoms with van der Waals surface area (Å²) in [5.41, 5.74) is 5.79. The van der Waals surface area contributed by atoms with Gasteiger partial charge in [0.2, 0.25) is 10.0 Å². The summed E-state index contributed by atoms with van der Waals surface area (Å²) in [5.74, 6) is -1.27. The number of unbranched alkanes of at least 4 members (excludes halogenated alkanes) is 1. The van der Waals surface area contributed by atoms with E-state index >= 15 is 0 Å². The normalized spacial score (nSPS) is 27.0. The van der Waals surface area contributed by atoms with Crippen LogP contribution in [0, 0.1) is 16.7 Å². The molecule has 4 N–H and O–H groups in total. The highest BCUT2D eigenvalue weighted by Crippen LogP contribution is 2.66. The van der Waals surface area contributed by atoms with Gasteiger partial charge in [-0.3, -0.25) is 9.59 Å². The molecule has 1 aromatic rings. The largest absolute Gasteiger partial charge is 0.480 e. The molecule has 0 amide bonds. The minimum absolute atomic E-state index is 0.0459. The molecule has 2 fully saturated rings. The van der Waals surface area contributed by atoms with Crippen molar-refractivity contribution in [2.45, 2.75) is 52.0 Å². The maximum atomic E-state index is 13.5. The maximum absolute atomic E-state index is 13.5. The highest BCUT2D eigenvalue weighted by Gasteiger charge is 2.67. The first-order chi connectivity index (χ1) is 14.5. The van der Waals surface area contributed by atoms with E-state index in [1.165, 1.54) is 0 Å². The number of hydrogen-bond donors (Lipinski definition) is 3. The molecular formula is C23H32N2O5S. The molecule has 2 saturated carbocycles. The zero-order valence-electron chi connectivity index (χ0n) is 18.1. The predicted octanol–water partition coefficient (Wildman–Crippen LogP) is 2.58. The van der Waals surface area contributed by atoms with E-state index in [-0.39, 0.29) is 24.0 Å². The van der Waals surface area contributed by atoms with Gasteiger partial charge >= 0.3 is 5.97 Å². The lowest BCUT2D eigenvalue weighted by molar-refractivity contribution is -0.138. The molecule has 3 rings (SSSR count). The average Bonchev–Trinajstić information content (AvgIpc) is 3.02. The molecule has 2 aliphatic carbocycles. The maximum Gasteiger partial charge on any atom is 0.320 e. The number of carboxylic acid groups (broad SMARTS) is 1. The Bertz CT molecular complexity index is 971. The number of carbonyl (C=O) groups is 2.